The number of carbonyl (C=O) groups excluding carboxylic acids is 1. The molecule has 30 heavy (non-hydrogen) atoms. The molecule has 0 aromatic carbocycles. The number of carbonyl (C=O) groups is 1. The van der Waals surface area contributed by atoms with Crippen molar-refractivity contribution in [1.29, 1.82) is 0 Å². The van der Waals surface area contributed by atoms with Crippen LogP contribution in [0.5, 0.6) is 0 Å². The number of aryl methyl sites for hydroxylation is 1. The smallest absolute Gasteiger partial charge is 0.349 e. The Hall–Kier alpha value is -3.83. The molecule has 154 valence electrons. The summed E-state index contributed by atoms with van der Waals surface area (Å²) >= 11 is 0. The van der Waals surface area contributed by atoms with E-state index in [1.54, 1.807) is 24.5 Å². The fraction of sp³-hybridized carbons (Fsp3) is 0.222. The van der Waals surface area contributed by atoms with Gasteiger partial charge in [-0.25, -0.2) is 0 Å². The predicted molar refractivity (Wildman–Crippen MR) is 95.7 cm³/mol. The van der Waals surface area contributed by atoms with E-state index in [0.29, 0.717) is 11.7 Å². The highest BCUT2D eigenvalue weighted by molar-refractivity contribution is 5.76. The van der Waals surface area contributed by atoms with Crippen molar-refractivity contribution in [3.63, 3.8) is 0 Å². The molecule has 4 aromatic rings. The van der Waals surface area contributed by atoms with Crippen molar-refractivity contribution in [2.24, 2.45) is 0 Å². The number of nitrogens with one attached hydrogen (secondary N) is 1. The number of rotatable bonds is 6. The molecule has 0 bridgehead atoms. The summed E-state index contributed by atoms with van der Waals surface area (Å²) < 4.78 is 45.0. The highest BCUT2D eigenvalue weighted by Crippen LogP contribution is 2.29. The normalized spacial score (nSPS) is 11.7. The summed E-state index contributed by atoms with van der Waals surface area (Å²) in [6.45, 7) is -0.0760. The Morgan fingerprint density at radius 3 is 2.70 bits per heavy atom. The third-order valence-corrected chi connectivity index (χ3v) is 4.22. The van der Waals surface area contributed by atoms with Crippen LogP contribution in [-0.4, -0.2) is 35.6 Å². The number of halogens is 3. The van der Waals surface area contributed by atoms with Gasteiger partial charge in [-0.1, -0.05) is 5.16 Å². The maximum Gasteiger partial charge on any atom is 0.417 e. The van der Waals surface area contributed by atoms with E-state index >= 15 is 0 Å². The topological polar surface area (TPSA) is 111 Å². The highest BCUT2D eigenvalue weighted by atomic mass is 19.4. The lowest BCUT2D eigenvalue weighted by atomic mass is 10.2. The monoisotopic (exact) mass is 417 g/mol. The average Bonchev–Trinajstić information content (AvgIpc) is 3.37. The molecule has 0 radical (unpaired) electrons. The van der Waals surface area contributed by atoms with E-state index in [9.17, 15) is 18.0 Å². The molecule has 1 amide bonds. The van der Waals surface area contributed by atoms with Crippen LogP contribution in [0.1, 0.15) is 23.7 Å². The number of alkyl halides is 3. The Balaban J connectivity index is 1.35. The van der Waals surface area contributed by atoms with Crippen LogP contribution in [0.15, 0.2) is 47.4 Å². The second-order valence-electron chi connectivity index (χ2n) is 6.28. The molecule has 0 fully saturated rings. The van der Waals surface area contributed by atoms with Crippen LogP contribution in [0.2, 0.25) is 0 Å². The molecule has 4 heterocycles. The van der Waals surface area contributed by atoms with E-state index < -0.39 is 11.7 Å². The summed E-state index contributed by atoms with van der Waals surface area (Å²) in [5.41, 5.74) is 0.159. The first-order valence-corrected chi connectivity index (χ1v) is 8.81. The second-order valence-corrected chi connectivity index (χ2v) is 6.28. The molecule has 0 spiro atoms. The van der Waals surface area contributed by atoms with E-state index in [4.69, 9.17) is 4.52 Å². The maximum atomic E-state index is 12.9. The zero-order valence-electron chi connectivity index (χ0n) is 15.3. The van der Waals surface area contributed by atoms with Gasteiger partial charge in [-0.3, -0.25) is 14.2 Å². The Morgan fingerprint density at radius 1 is 1.13 bits per heavy atom. The fourth-order valence-electron chi connectivity index (χ4n) is 2.69. The van der Waals surface area contributed by atoms with E-state index in [1.165, 1.54) is 10.5 Å². The van der Waals surface area contributed by atoms with E-state index in [2.05, 4.69) is 30.6 Å². The molecule has 4 aromatic heterocycles. The van der Waals surface area contributed by atoms with Crippen molar-refractivity contribution >= 4 is 11.6 Å². The molecule has 0 atom stereocenters. The van der Waals surface area contributed by atoms with Gasteiger partial charge in [-0.2, -0.15) is 18.2 Å². The Bertz CT molecular complexity index is 1170. The molecule has 0 saturated carbocycles. The summed E-state index contributed by atoms with van der Waals surface area (Å²) in [6.07, 6.45) is -0.116. The van der Waals surface area contributed by atoms with Gasteiger partial charge in [0.15, 0.2) is 11.5 Å². The number of amides is 1. The highest BCUT2D eigenvalue weighted by Gasteiger charge is 2.31. The lowest BCUT2D eigenvalue weighted by Crippen LogP contribution is -2.24. The Morgan fingerprint density at radius 2 is 1.93 bits per heavy atom. The lowest BCUT2D eigenvalue weighted by molar-refractivity contribution is -0.137. The molecule has 0 saturated heterocycles. The summed E-state index contributed by atoms with van der Waals surface area (Å²) in [4.78, 5) is 20.2. The lowest BCUT2D eigenvalue weighted by Gasteiger charge is -2.08. The number of fused-ring (bicyclic) bond motifs is 1. The van der Waals surface area contributed by atoms with Gasteiger partial charge >= 0.3 is 6.18 Å². The molecule has 1 N–H and O–H groups in total. The zero-order valence-corrected chi connectivity index (χ0v) is 15.3. The Kier molecular flexibility index (Phi) is 5.12. The maximum absolute atomic E-state index is 12.9. The van der Waals surface area contributed by atoms with Crippen LogP contribution in [-0.2, 0) is 23.9 Å². The molecule has 0 aliphatic carbocycles. The molecule has 4 rings (SSSR count). The van der Waals surface area contributed by atoms with E-state index in [0.717, 1.165) is 17.8 Å². The number of aromatic nitrogens is 6. The van der Waals surface area contributed by atoms with E-state index in [1.807, 2.05) is 0 Å². The first kappa shape index (κ1) is 19.5. The summed E-state index contributed by atoms with van der Waals surface area (Å²) in [5.74, 6) is 0.521. The number of hydrogen-bond donors (Lipinski definition) is 1. The van der Waals surface area contributed by atoms with Crippen molar-refractivity contribution in [3.05, 3.63) is 60.1 Å². The van der Waals surface area contributed by atoms with Gasteiger partial charge in [-0.05, 0) is 24.3 Å². The minimum atomic E-state index is -4.49. The molecular weight excluding hydrogens is 403 g/mol. The van der Waals surface area contributed by atoms with Crippen molar-refractivity contribution in [1.82, 2.24) is 35.0 Å². The average molecular weight is 417 g/mol. The largest absolute Gasteiger partial charge is 0.417 e. The number of nitrogens with zero attached hydrogens (tertiary/aromatic N) is 6. The van der Waals surface area contributed by atoms with E-state index in [-0.39, 0.29) is 36.8 Å². The van der Waals surface area contributed by atoms with Crippen LogP contribution in [0.4, 0.5) is 13.2 Å². The molecule has 0 aliphatic heterocycles. The van der Waals surface area contributed by atoms with Gasteiger partial charge in [0.25, 0.3) is 0 Å². The number of pyridine rings is 2. The van der Waals surface area contributed by atoms with Crippen LogP contribution in [0, 0.1) is 0 Å². The molecule has 12 heteroatoms. The van der Waals surface area contributed by atoms with Crippen LogP contribution in [0.25, 0.3) is 17.0 Å². The van der Waals surface area contributed by atoms with Crippen molar-refractivity contribution in [2.75, 3.05) is 0 Å². The molecule has 9 nitrogen and oxygen atoms in total. The molecule has 0 unspecified atom stereocenters. The zero-order chi connectivity index (χ0) is 21.1. The third-order valence-electron chi connectivity index (χ3n) is 4.22. The molecule has 0 aliphatic rings. The fourth-order valence-corrected chi connectivity index (χ4v) is 2.69. The van der Waals surface area contributed by atoms with Crippen LogP contribution in [0.3, 0.4) is 0 Å². The standard InChI is InChI=1S/C18H14F3N7O2/c19-18(20,21)12-1-2-13-25-26-14(28(13)10-12)9-23-15(29)3-4-16-24-17(27-30-16)11-5-7-22-8-6-11/h1-2,5-8,10H,3-4,9H2,(H,23,29). The quantitative estimate of drug-likeness (QED) is 0.513. The summed E-state index contributed by atoms with van der Waals surface area (Å²) in [7, 11) is 0. The van der Waals surface area contributed by atoms with Crippen LogP contribution >= 0.6 is 0 Å². The first-order chi connectivity index (χ1) is 14.4. The van der Waals surface area contributed by atoms with Crippen molar-refractivity contribution in [3.8, 4) is 11.4 Å². The van der Waals surface area contributed by atoms with Gasteiger partial charge in [-0.15, -0.1) is 10.2 Å². The minimum Gasteiger partial charge on any atom is -0.349 e. The van der Waals surface area contributed by atoms with Gasteiger partial charge in [0.05, 0.1) is 12.1 Å². The third kappa shape index (κ3) is 4.26. The van der Waals surface area contributed by atoms with Gasteiger partial charge in [0, 0.05) is 37.0 Å². The Labute approximate surface area is 167 Å². The molecular formula is C18H14F3N7O2. The predicted octanol–water partition coefficient (Wildman–Crippen LogP) is 2.44. The second kappa shape index (κ2) is 7.89. The first-order valence-electron chi connectivity index (χ1n) is 8.81. The van der Waals surface area contributed by atoms with Gasteiger partial charge < -0.3 is 9.84 Å². The van der Waals surface area contributed by atoms with Crippen molar-refractivity contribution in [2.45, 2.75) is 25.6 Å². The number of hydrogen-bond acceptors (Lipinski definition) is 7. The summed E-state index contributed by atoms with van der Waals surface area (Å²) in [6, 6.07) is 5.61. The van der Waals surface area contributed by atoms with Gasteiger partial charge in [0.2, 0.25) is 17.6 Å². The summed E-state index contributed by atoms with van der Waals surface area (Å²) in [5, 5.41) is 14.1. The van der Waals surface area contributed by atoms with Gasteiger partial charge in [0.1, 0.15) is 0 Å². The minimum absolute atomic E-state index is 0.0581. The van der Waals surface area contributed by atoms with Crippen LogP contribution < -0.4 is 5.32 Å². The SMILES string of the molecule is O=C(CCc1nc(-c2ccncc2)no1)NCc1nnc2ccc(C(F)(F)F)cn12. The van der Waals surface area contributed by atoms with Crippen molar-refractivity contribution < 1.29 is 22.5 Å².